The molecule has 0 spiro atoms. The number of sulfone groups is 1. The Bertz CT molecular complexity index is 378. The normalized spacial score (nSPS) is 37.8. The molecule has 100 valence electrons. The molecular formula is C12H24N2O2S. The topological polar surface area (TPSA) is 63.4 Å². The van der Waals surface area contributed by atoms with Crippen LogP contribution in [0.5, 0.6) is 0 Å². The zero-order valence-electron chi connectivity index (χ0n) is 10.9. The van der Waals surface area contributed by atoms with Gasteiger partial charge < -0.3 is 5.73 Å². The Morgan fingerprint density at radius 3 is 2.47 bits per heavy atom. The predicted octanol–water partition coefficient (Wildman–Crippen LogP) is 0.623. The van der Waals surface area contributed by atoms with Crippen molar-refractivity contribution in [3.63, 3.8) is 0 Å². The van der Waals surface area contributed by atoms with Gasteiger partial charge in [-0.1, -0.05) is 13.8 Å². The van der Waals surface area contributed by atoms with Gasteiger partial charge in [0, 0.05) is 12.1 Å². The predicted molar refractivity (Wildman–Crippen MR) is 69.6 cm³/mol. The molecule has 0 aromatic carbocycles. The largest absolute Gasteiger partial charge is 0.325 e. The van der Waals surface area contributed by atoms with Gasteiger partial charge in [0.05, 0.1) is 11.5 Å². The van der Waals surface area contributed by atoms with E-state index >= 15 is 0 Å². The third-order valence-corrected chi connectivity index (χ3v) is 5.95. The second kappa shape index (κ2) is 4.52. The highest BCUT2D eigenvalue weighted by atomic mass is 32.2. The number of hydrogen-bond acceptors (Lipinski definition) is 4. The van der Waals surface area contributed by atoms with Gasteiger partial charge in [-0.05, 0) is 37.8 Å². The highest BCUT2D eigenvalue weighted by molar-refractivity contribution is 7.91. The summed E-state index contributed by atoms with van der Waals surface area (Å²) < 4.78 is 23.2. The average Bonchev–Trinajstić information content (AvgIpc) is 2.35. The Labute approximate surface area is 104 Å². The van der Waals surface area contributed by atoms with Gasteiger partial charge in [0.1, 0.15) is 0 Å². The maximum atomic E-state index is 11.6. The van der Waals surface area contributed by atoms with Gasteiger partial charge in [0.25, 0.3) is 0 Å². The van der Waals surface area contributed by atoms with Crippen LogP contribution in [-0.2, 0) is 9.84 Å². The summed E-state index contributed by atoms with van der Waals surface area (Å²) >= 11 is 0. The quantitative estimate of drug-likeness (QED) is 0.751. The fourth-order valence-corrected chi connectivity index (χ4v) is 4.93. The fraction of sp³-hybridized carbons (Fsp3) is 1.00. The molecule has 0 aromatic heterocycles. The Kier molecular flexibility index (Phi) is 3.54. The molecule has 4 nitrogen and oxygen atoms in total. The summed E-state index contributed by atoms with van der Waals surface area (Å²) in [4.78, 5) is 2.31. The molecule has 0 amide bonds. The molecule has 2 aliphatic heterocycles. The second-order valence-electron chi connectivity index (χ2n) is 6.36. The number of hydrogen-bond donors (Lipinski definition) is 1. The van der Waals surface area contributed by atoms with Crippen molar-refractivity contribution in [1.82, 2.24) is 4.90 Å². The van der Waals surface area contributed by atoms with Gasteiger partial charge in [0.15, 0.2) is 9.84 Å². The van der Waals surface area contributed by atoms with Gasteiger partial charge in [0.2, 0.25) is 0 Å². The third-order valence-electron chi connectivity index (χ3n) is 4.21. The lowest BCUT2D eigenvalue weighted by atomic mass is 9.85. The smallest absolute Gasteiger partial charge is 0.153 e. The van der Waals surface area contributed by atoms with E-state index in [-0.39, 0.29) is 23.6 Å². The van der Waals surface area contributed by atoms with E-state index in [2.05, 4.69) is 18.7 Å². The molecule has 0 aromatic rings. The third kappa shape index (κ3) is 3.20. The Morgan fingerprint density at radius 1 is 1.18 bits per heavy atom. The molecule has 0 aliphatic carbocycles. The summed E-state index contributed by atoms with van der Waals surface area (Å²) in [5.41, 5.74) is 6.37. The maximum Gasteiger partial charge on any atom is 0.153 e. The second-order valence-corrected chi connectivity index (χ2v) is 8.52. The summed E-state index contributed by atoms with van der Waals surface area (Å²) in [6, 6.07) is -0.143. The summed E-state index contributed by atoms with van der Waals surface area (Å²) in [5.74, 6) is 0.423. The average molecular weight is 260 g/mol. The Balaban J connectivity index is 2.04. The van der Waals surface area contributed by atoms with E-state index in [1.165, 1.54) is 6.42 Å². The van der Waals surface area contributed by atoms with Crippen LogP contribution < -0.4 is 5.73 Å². The van der Waals surface area contributed by atoms with E-state index in [0.717, 1.165) is 25.9 Å². The molecule has 2 saturated heterocycles. The summed E-state index contributed by atoms with van der Waals surface area (Å²) in [5, 5.41) is 0. The van der Waals surface area contributed by atoms with Gasteiger partial charge in [-0.15, -0.1) is 0 Å². The first-order valence-electron chi connectivity index (χ1n) is 6.49. The monoisotopic (exact) mass is 260 g/mol. The van der Waals surface area contributed by atoms with Crippen molar-refractivity contribution in [2.45, 2.75) is 45.2 Å². The van der Waals surface area contributed by atoms with Crippen molar-refractivity contribution in [2.75, 3.05) is 24.6 Å². The minimum atomic E-state index is -2.90. The van der Waals surface area contributed by atoms with Gasteiger partial charge in [-0.25, -0.2) is 8.42 Å². The van der Waals surface area contributed by atoms with Crippen LogP contribution in [0.25, 0.3) is 0 Å². The fourth-order valence-electron chi connectivity index (χ4n) is 3.01. The first kappa shape index (κ1) is 13.3. The Hall–Kier alpha value is -0.130. The van der Waals surface area contributed by atoms with Gasteiger partial charge in [-0.3, -0.25) is 4.90 Å². The molecule has 2 unspecified atom stereocenters. The molecule has 2 heterocycles. The summed E-state index contributed by atoms with van der Waals surface area (Å²) in [6.07, 6.45) is 3.50. The van der Waals surface area contributed by atoms with Crippen LogP contribution >= 0.6 is 0 Å². The number of rotatable bonds is 1. The van der Waals surface area contributed by atoms with Crippen molar-refractivity contribution in [3.05, 3.63) is 0 Å². The van der Waals surface area contributed by atoms with Crippen LogP contribution in [0, 0.1) is 5.41 Å². The molecule has 2 N–H and O–H groups in total. The lowest BCUT2D eigenvalue weighted by molar-refractivity contribution is 0.197. The molecule has 2 atom stereocenters. The van der Waals surface area contributed by atoms with E-state index in [9.17, 15) is 8.42 Å². The summed E-state index contributed by atoms with van der Waals surface area (Å²) in [7, 11) is -2.90. The van der Waals surface area contributed by atoms with Crippen molar-refractivity contribution >= 4 is 9.84 Å². The molecule has 17 heavy (non-hydrogen) atoms. The van der Waals surface area contributed by atoms with Crippen molar-refractivity contribution < 1.29 is 8.42 Å². The number of likely N-dealkylation sites (tertiary alicyclic amines) is 1. The lowest BCUT2D eigenvalue weighted by Crippen LogP contribution is -2.47. The first-order valence-corrected chi connectivity index (χ1v) is 8.31. The van der Waals surface area contributed by atoms with Crippen LogP contribution in [0.4, 0.5) is 0 Å². The molecular weight excluding hydrogens is 236 g/mol. The Morgan fingerprint density at radius 2 is 1.88 bits per heavy atom. The molecule has 2 rings (SSSR count). The standard InChI is InChI=1S/C12H24N2O2S/c1-12(2)4-3-6-14(7-5-12)11-9-17(15,16)8-10(11)13/h10-11H,3-9,13H2,1-2H3. The molecule has 2 aliphatic rings. The van der Waals surface area contributed by atoms with E-state index in [1.54, 1.807) is 0 Å². The van der Waals surface area contributed by atoms with E-state index in [0.29, 0.717) is 5.41 Å². The van der Waals surface area contributed by atoms with Crippen molar-refractivity contribution in [3.8, 4) is 0 Å². The zero-order chi connectivity index (χ0) is 12.7. The molecule has 2 fully saturated rings. The highest BCUT2D eigenvalue weighted by Gasteiger charge is 2.39. The van der Waals surface area contributed by atoms with Crippen molar-refractivity contribution in [1.29, 1.82) is 0 Å². The first-order chi connectivity index (χ1) is 7.79. The van der Waals surface area contributed by atoms with Gasteiger partial charge >= 0.3 is 0 Å². The minimum absolute atomic E-state index is 0.0499. The van der Waals surface area contributed by atoms with Crippen molar-refractivity contribution in [2.24, 2.45) is 11.1 Å². The van der Waals surface area contributed by atoms with Gasteiger partial charge in [-0.2, -0.15) is 0 Å². The minimum Gasteiger partial charge on any atom is -0.325 e. The van der Waals surface area contributed by atoms with Crippen LogP contribution in [-0.4, -0.2) is 50.0 Å². The lowest BCUT2D eigenvalue weighted by Gasteiger charge is -2.30. The molecule has 0 bridgehead atoms. The van der Waals surface area contributed by atoms with Crippen LogP contribution in [0.15, 0.2) is 0 Å². The zero-order valence-corrected chi connectivity index (χ0v) is 11.7. The summed E-state index contributed by atoms with van der Waals surface area (Å²) in [6.45, 7) is 6.57. The van der Waals surface area contributed by atoms with E-state index in [1.807, 2.05) is 0 Å². The van der Waals surface area contributed by atoms with Crippen LogP contribution in [0.3, 0.4) is 0 Å². The maximum absolute atomic E-state index is 11.6. The van der Waals surface area contributed by atoms with E-state index in [4.69, 9.17) is 5.73 Å². The van der Waals surface area contributed by atoms with E-state index < -0.39 is 9.84 Å². The SMILES string of the molecule is CC1(C)CCCN(C2CS(=O)(=O)CC2N)CC1. The van der Waals surface area contributed by atoms with Crippen LogP contribution in [0.2, 0.25) is 0 Å². The number of nitrogens with two attached hydrogens (primary N) is 1. The number of nitrogens with zero attached hydrogens (tertiary/aromatic N) is 1. The highest BCUT2D eigenvalue weighted by Crippen LogP contribution is 2.31. The molecule has 0 radical (unpaired) electrons. The molecule has 0 saturated carbocycles. The molecule has 5 heteroatoms. The van der Waals surface area contributed by atoms with Crippen LogP contribution in [0.1, 0.15) is 33.1 Å².